The van der Waals surface area contributed by atoms with Crippen LogP contribution in [-0.4, -0.2) is 30.4 Å². The Bertz CT molecular complexity index is 335. The number of hydrogen-bond acceptors (Lipinski definition) is 3. The molecule has 0 heterocycles. The van der Waals surface area contributed by atoms with Gasteiger partial charge in [0, 0.05) is 12.5 Å². The van der Waals surface area contributed by atoms with Gasteiger partial charge in [0.1, 0.15) is 6.04 Å². The van der Waals surface area contributed by atoms with Crippen molar-refractivity contribution in [3.63, 3.8) is 0 Å². The fourth-order valence-corrected chi connectivity index (χ4v) is 2.31. The molecule has 0 bridgehead atoms. The molecule has 2 unspecified atom stereocenters. The normalized spacial score (nSPS) is 14.7. The van der Waals surface area contributed by atoms with Gasteiger partial charge in [-0.15, -0.1) is 0 Å². The maximum atomic E-state index is 12.0. The third kappa shape index (κ3) is 8.71. The number of nitrogens with one attached hydrogen (secondary N) is 2. The van der Waals surface area contributed by atoms with Crippen LogP contribution in [0.5, 0.6) is 0 Å². The highest BCUT2D eigenvalue weighted by Gasteiger charge is 2.25. The van der Waals surface area contributed by atoms with E-state index in [-0.39, 0.29) is 23.3 Å². The molecule has 0 radical (unpaired) electrons. The first-order chi connectivity index (χ1) is 9.57. The van der Waals surface area contributed by atoms with Gasteiger partial charge in [-0.2, -0.15) is 0 Å². The van der Waals surface area contributed by atoms with Crippen LogP contribution in [0.2, 0.25) is 0 Å². The Labute approximate surface area is 129 Å². The first kappa shape index (κ1) is 19.9. The van der Waals surface area contributed by atoms with E-state index in [9.17, 15) is 9.59 Å². The molecule has 4 N–H and O–H groups in total. The summed E-state index contributed by atoms with van der Waals surface area (Å²) in [4.78, 5) is 23.7. The van der Waals surface area contributed by atoms with E-state index >= 15 is 0 Å². The van der Waals surface area contributed by atoms with Crippen LogP contribution in [-0.2, 0) is 9.59 Å². The fraction of sp³-hybridized carbons (Fsp3) is 0.875. The number of amides is 2. The molecule has 124 valence electrons. The Kier molecular flexibility index (Phi) is 8.55. The molecule has 0 aliphatic carbocycles. The number of rotatable bonds is 8. The smallest absolute Gasteiger partial charge is 0.242 e. The van der Waals surface area contributed by atoms with Gasteiger partial charge in [-0.3, -0.25) is 9.59 Å². The minimum Gasteiger partial charge on any atom is -0.352 e. The molecule has 0 aliphatic heterocycles. The molecule has 0 aromatic carbocycles. The van der Waals surface area contributed by atoms with Crippen molar-refractivity contribution in [1.29, 1.82) is 0 Å². The van der Waals surface area contributed by atoms with Gasteiger partial charge in [0.05, 0.1) is 0 Å². The van der Waals surface area contributed by atoms with E-state index in [2.05, 4.69) is 31.4 Å². The minimum absolute atomic E-state index is 0.0756. The number of hydrogen-bond donors (Lipinski definition) is 3. The lowest BCUT2D eigenvalue weighted by Crippen LogP contribution is -2.46. The zero-order valence-electron chi connectivity index (χ0n) is 14.5. The average molecular weight is 299 g/mol. The molecule has 5 heteroatoms. The lowest BCUT2D eigenvalue weighted by Gasteiger charge is -2.30. The maximum absolute atomic E-state index is 12.0. The lowest BCUT2D eigenvalue weighted by atomic mass is 9.76. The molecule has 0 aliphatic rings. The monoisotopic (exact) mass is 299 g/mol. The van der Waals surface area contributed by atoms with Crippen molar-refractivity contribution in [1.82, 2.24) is 10.6 Å². The Balaban J connectivity index is 4.27. The van der Waals surface area contributed by atoms with Crippen LogP contribution in [0.1, 0.15) is 60.8 Å². The fourth-order valence-electron chi connectivity index (χ4n) is 2.31. The number of carbonyl (C=O) groups is 2. The number of carbonyl (C=O) groups excluding carboxylic acids is 2. The highest BCUT2D eigenvalue weighted by atomic mass is 16.2. The second kappa shape index (κ2) is 9.03. The quantitative estimate of drug-likeness (QED) is 0.639. The zero-order chi connectivity index (χ0) is 16.6. The maximum Gasteiger partial charge on any atom is 0.242 e. The molecule has 0 spiro atoms. The average Bonchev–Trinajstić information content (AvgIpc) is 2.31. The van der Waals surface area contributed by atoms with Gasteiger partial charge in [-0.05, 0) is 51.5 Å². The van der Waals surface area contributed by atoms with Crippen molar-refractivity contribution >= 4 is 11.8 Å². The van der Waals surface area contributed by atoms with Gasteiger partial charge in [-0.25, -0.2) is 0 Å². The molecular formula is C16H33N3O2. The van der Waals surface area contributed by atoms with E-state index in [1.165, 1.54) is 0 Å². The van der Waals surface area contributed by atoms with Gasteiger partial charge in [0.25, 0.3) is 0 Å². The summed E-state index contributed by atoms with van der Waals surface area (Å²) in [6, 6.07) is -0.422. The van der Waals surface area contributed by atoms with Crippen molar-refractivity contribution in [3.05, 3.63) is 0 Å². The van der Waals surface area contributed by atoms with E-state index in [4.69, 9.17) is 5.73 Å². The Morgan fingerprint density at radius 3 is 2.05 bits per heavy atom. The van der Waals surface area contributed by atoms with Gasteiger partial charge in [-0.1, -0.05) is 20.8 Å². The summed E-state index contributed by atoms with van der Waals surface area (Å²) >= 11 is 0. The molecule has 0 saturated heterocycles. The zero-order valence-corrected chi connectivity index (χ0v) is 14.5. The SMILES string of the molecule is CC(C)NC(=O)C(C)NC(=O)CCC(CCN)C(C)(C)C. The van der Waals surface area contributed by atoms with Crippen molar-refractivity contribution in [2.24, 2.45) is 17.1 Å². The van der Waals surface area contributed by atoms with Gasteiger partial charge in [0.2, 0.25) is 11.8 Å². The standard InChI is InChI=1S/C16H33N3O2/c1-11(2)18-15(21)12(3)19-14(20)8-7-13(9-10-17)16(4,5)6/h11-13H,7-10,17H2,1-6H3,(H,18,21)(H,19,20). The summed E-state index contributed by atoms with van der Waals surface area (Å²) in [5.41, 5.74) is 5.78. The Morgan fingerprint density at radius 1 is 1.05 bits per heavy atom. The predicted octanol–water partition coefficient (Wildman–Crippen LogP) is 1.81. The van der Waals surface area contributed by atoms with Crippen LogP contribution in [0.25, 0.3) is 0 Å². The summed E-state index contributed by atoms with van der Waals surface area (Å²) in [5.74, 6) is 0.188. The summed E-state index contributed by atoms with van der Waals surface area (Å²) in [7, 11) is 0. The van der Waals surface area contributed by atoms with E-state index in [0.29, 0.717) is 18.9 Å². The summed E-state index contributed by atoms with van der Waals surface area (Å²) in [6.45, 7) is 12.6. The van der Waals surface area contributed by atoms with Gasteiger partial charge < -0.3 is 16.4 Å². The molecule has 21 heavy (non-hydrogen) atoms. The van der Waals surface area contributed by atoms with Gasteiger partial charge >= 0.3 is 0 Å². The molecule has 2 amide bonds. The van der Waals surface area contributed by atoms with Crippen LogP contribution in [0.15, 0.2) is 0 Å². The molecule has 0 aromatic rings. The lowest BCUT2D eigenvalue weighted by molar-refractivity contribution is -0.129. The van der Waals surface area contributed by atoms with E-state index in [1.807, 2.05) is 13.8 Å². The summed E-state index contributed by atoms with van der Waals surface area (Å²) in [5, 5.41) is 5.54. The van der Waals surface area contributed by atoms with E-state index in [1.54, 1.807) is 6.92 Å². The van der Waals surface area contributed by atoms with Gasteiger partial charge in [0.15, 0.2) is 0 Å². The first-order valence-corrected chi connectivity index (χ1v) is 7.87. The molecule has 0 saturated carbocycles. The summed E-state index contributed by atoms with van der Waals surface area (Å²) < 4.78 is 0. The molecule has 5 nitrogen and oxygen atoms in total. The Morgan fingerprint density at radius 2 is 1.62 bits per heavy atom. The Hall–Kier alpha value is -1.10. The minimum atomic E-state index is -0.498. The highest BCUT2D eigenvalue weighted by Crippen LogP contribution is 2.31. The molecule has 0 aromatic heterocycles. The molecular weight excluding hydrogens is 266 g/mol. The third-order valence-electron chi connectivity index (χ3n) is 3.66. The summed E-state index contributed by atoms with van der Waals surface area (Å²) in [6.07, 6.45) is 2.15. The van der Waals surface area contributed by atoms with Crippen LogP contribution in [0.4, 0.5) is 0 Å². The predicted molar refractivity (Wildman–Crippen MR) is 86.7 cm³/mol. The van der Waals surface area contributed by atoms with Crippen LogP contribution in [0, 0.1) is 11.3 Å². The largest absolute Gasteiger partial charge is 0.352 e. The molecule has 0 fully saturated rings. The number of nitrogens with two attached hydrogens (primary N) is 1. The van der Waals surface area contributed by atoms with Crippen molar-refractivity contribution in [2.75, 3.05) is 6.54 Å². The van der Waals surface area contributed by atoms with Crippen molar-refractivity contribution in [2.45, 2.75) is 72.9 Å². The molecule has 0 rings (SSSR count). The molecule has 2 atom stereocenters. The highest BCUT2D eigenvalue weighted by molar-refractivity contribution is 5.87. The second-order valence-corrected chi connectivity index (χ2v) is 7.13. The van der Waals surface area contributed by atoms with Crippen LogP contribution in [0.3, 0.4) is 0 Å². The van der Waals surface area contributed by atoms with Crippen LogP contribution >= 0.6 is 0 Å². The topological polar surface area (TPSA) is 84.2 Å². The first-order valence-electron chi connectivity index (χ1n) is 7.87. The second-order valence-electron chi connectivity index (χ2n) is 7.13. The van der Waals surface area contributed by atoms with E-state index in [0.717, 1.165) is 12.8 Å². The van der Waals surface area contributed by atoms with Crippen molar-refractivity contribution in [3.8, 4) is 0 Å². The van der Waals surface area contributed by atoms with Crippen LogP contribution < -0.4 is 16.4 Å². The van der Waals surface area contributed by atoms with Crippen molar-refractivity contribution < 1.29 is 9.59 Å². The van der Waals surface area contributed by atoms with E-state index < -0.39 is 6.04 Å². The third-order valence-corrected chi connectivity index (χ3v) is 3.66.